The summed E-state index contributed by atoms with van der Waals surface area (Å²) in [6.07, 6.45) is 5.45. The van der Waals surface area contributed by atoms with Gasteiger partial charge in [0.1, 0.15) is 0 Å². The van der Waals surface area contributed by atoms with Gasteiger partial charge in [-0.1, -0.05) is 12.8 Å². The van der Waals surface area contributed by atoms with E-state index in [1.54, 1.807) is 0 Å². The fraction of sp³-hybridized carbons (Fsp3) is 0.692. The van der Waals surface area contributed by atoms with E-state index in [0.29, 0.717) is 11.2 Å². The molecule has 100 valence electrons. The predicted molar refractivity (Wildman–Crippen MR) is 74.7 cm³/mol. The van der Waals surface area contributed by atoms with Crippen LogP contribution in [0.5, 0.6) is 0 Å². The number of nitrogens with zero attached hydrogens (tertiary/aromatic N) is 1. The van der Waals surface area contributed by atoms with Gasteiger partial charge in [-0.15, -0.1) is 11.3 Å². The van der Waals surface area contributed by atoms with Crippen molar-refractivity contribution >= 4 is 22.4 Å². The van der Waals surface area contributed by atoms with Crippen molar-refractivity contribution in [2.24, 2.45) is 5.92 Å². The third kappa shape index (κ3) is 3.78. The van der Waals surface area contributed by atoms with Gasteiger partial charge in [0.15, 0.2) is 5.13 Å². The summed E-state index contributed by atoms with van der Waals surface area (Å²) >= 11 is 1.48. The Morgan fingerprint density at radius 2 is 2.28 bits per heavy atom. The Morgan fingerprint density at radius 3 is 2.94 bits per heavy atom. The van der Waals surface area contributed by atoms with Crippen LogP contribution < -0.4 is 10.6 Å². The molecule has 0 spiro atoms. The van der Waals surface area contributed by atoms with Crippen molar-refractivity contribution in [2.45, 2.75) is 52.1 Å². The number of hydrogen-bond acceptors (Lipinski definition) is 4. The Balaban J connectivity index is 1.78. The van der Waals surface area contributed by atoms with E-state index < -0.39 is 0 Å². The van der Waals surface area contributed by atoms with E-state index in [9.17, 15) is 4.79 Å². The molecule has 0 aliphatic heterocycles. The standard InChI is InChI=1S/C13H21N3OS/c1-9(11-5-3-4-6-11)14-7-12-8-18-13(16-12)15-10(2)17/h8-9,11,14H,3-7H2,1-2H3,(H,15,16,17). The number of thiazole rings is 1. The molecule has 1 amide bonds. The van der Waals surface area contributed by atoms with E-state index in [4.69, 9.17) is 0 Å². The van der Waals surface area contributed by atoms with E-state index in [1.807, 2.05) is 5.38 Å². The van der Waals surface area contributed by atoms with Crippen molar-refractivity contribution in [2.75, 3.05) is 5.32 Å². The fourth-order valence-corrected chi connectivity index (χ4v) is 3.24. The molecule has 1 aromatic heterocycles. The molecule has 1 heterocycles. The topological polar surface area (TPSA) is 54.0 Å². The van der Waals surface area contributed by atoms with Crippen LogP contribution in [0.3, 0.4) is 0 Å². The van der Waals surface area contributed by atoms with Crippen LogP contribution in [0.4, 0.5) is 5.13 Å². The van der Waals surface area contributed by atoms with Crippen molar-refractivity contribution in [3.63, 3.8) is 0 Å². The van der Waals surface area contributed by atoms with Gasteiger partial charge in [0.2, 0.25) is 5.91 Å². The Kier molecular flexibility index (Phi) is 4.72. The van der Waals surface area contributed by atoms with Crippen molar-refractivity contribution in [1.29, 1.82) is 0 Å². The lowest BCUT2D eigenvalue weighted by molar-refractivity contribution is -0.114. The molecule has 2 rings (SSSR count). The number of anilines is 1. The molecule has 0 aromatic carbocycles. The zero-order valence-corrected chi connectivity index (χ0v) is 11.8. The van der Waals surface area contributed by atoms with Crippen LogP contribution in [0.2, 0.25) is 0 Å². The van der Waals surface area contributed by atoms with Crippen molar-refractivity contribution in [3.05, 3.63) is 11.1 Å². The van der Waals surface area contributed by atoms with Gasteiger partial charge in [-0.2, -0.15) is 0 Å². The SMILES string of the molecule is CC(=O)Nc1nc(CNC(C)C2CCCC2)cs1. The molecule has 1 aromatic rings. The maximum atomic E-state index is 10.9. The van der Waals surface area contributed by atoms with Gasteiger partial charge in [-0.3, -0.25) is 4.79 Å². The molecule has 1 saturated carbocycles. The summed E-state index contributed by atoms with van der Waals surface area (Å²) in [7, 11) is 0. The highest BCUT2D eigenvalue weighted by atomic mass is 32.1. The molecule has 4 nitrogen and oxygen atoms in total. The number of aromatic nitrogens is 1. The maximum absolute atomic E-state index is 10.9. The highest BCUT2D eigenvalue weighted by Crippen LogP contribution is 2.27. The molecule has 1 fully saturated rings. The minimum atomic E-state index is -0.0665. The van der Waals surface area contributed by atoms with Gasteiger partial charge in [-0.05, 0) is 25.7 Å². The maximum Gasteiger partial charge on any atom is 0.223 e. The molecule has 1 aliphatic rings. The normalized spacial score (nSPS) is 17.9. The van der Waals surface area contributed by atoms with Gasteiger partial charge in [0, 0.05) is 24.9 Å². The molecule has 0 radical (unpaired) electrons. The molecular weight excluding hydrogens is 246 g/mol. The summed E-state index contributed by atoms with van der Waals surface area (Å²) in [5.74, 6) is 0.752. The molecule has 1 unspecified atom stereocenters. The molecule has 18 heavy (non-hydrogen) atoms. The monoisotopic (exact) mass is 267 g/mol. The zero-order chi connectivity index (χ0) is 13.0. The first-order chi connectivity index (χ1) is 8.65. The largest absolute Gasteiger partial charge is 0.308 e. The van der Waals surface area contributed by atoms with Crippen LogP contribution in [0.15, 0.2) is 5.38 Å². The summed E-state index contributed by atoms with van der Waals surface area (Å²) in [5, 5.41) is 8.94. The number of amides is 1. The second-order valence-electron chi connectivity index (χ2n) is 5.04. The summed E-state index contributed by atoms with van der Waals surface area (Å²) in [6, 6.07) is 0.554. The number of carbonyl (C=O) groups excluding carboxylic acids is 1. The van der Waals surface area contributed by atoms with Crippen LogP contribution in [-0.4, -0.2) is 16.9 Å². The summed E-state index contributed by atoms with van der Waals surface area (Å²) < 4.78 is 0. The van der Waals surface area contributed by atoms with Crippen LogP contribution in [0.25, 0.3) is 0 Å². The van der Waals surface area contributed by atoms with Crippen molar-refractivity contribution in [3.8, 4) is 0 Å². The van der Waals surface area contributed by atoms with Crippen molar-refractivity contribution < 1.29 is 4.79 Å². The molecule has 1 aliphatic carbocycles. The average molecular weight is 267 g/mol. The first kappa shape index (κ1) is 13.5. The number of rotatable bonds is 5. The molecule has 0 bridgehead atoms. The minimum Gasteiger partial charge on any atom is -0.308 e. The molecular formula is C13H21N3OS. The third-order valence-electron chi connectivity index (χ3n) is 3.55. The van der Waals surface area contributed by atoms with Crippen molar-refractivity contribution in [1.82, 2.24) is 10.3 Å². The Morgan fingerprint density at radius 1 is 1.56 bits per heavy atom. The van der Waals surface area contributed by atoms with Crippen LogP contribution in [0.1, 0.15) is 45.2 Å². The lowest BCUT2D eigenvalue weighted by Gasteiger charge is -2.19. The molecule has 0 saturated heterocycles. The van der Waals surface area contributed by atoms with E-state index in [0.717, 1.165) is 18.2 Å². The second kappa shape index (κ2) is 6.29. The minimum absolute atomic E-state index is 0.0665. The summed E-state index contributed by atoms with van der Waals surface area (Å²) in [6.45, 7) is 4.55. The van der Waals surface area contributed by atoms with Crippen LogP contribution >= 0.6 is 11.3 Å². The average Bonchev–Trinajstić information content (AvgIpc) is 2.95. The van der Waals surface area contributed by atoms with Gasteiger partial charge >= 0.3 is 0 Å². The Hall–Kier alpha value is -0.940. The third-order valence-corrected chi connectivity index (χ3v) is 4.35. The molecule has 5 heteroatoms. The van der Waals surface area contributed by atoms with E-state index in [1.165, 1.54) is 43.9 Å². The Labute approximate surface area is 112 Å². The quantitative estimate of drug-likeness (QED) is 0.862. The second-order valence-corrected chi connectivity index (χ2v) is 5.90. The lowest BCUT2D eigenvalue weighted by atomic mass is 10.00. The van der Waals surface area contributed by atoms with E-state index >= 15 is 0 Å². The van der Waals surface area contributed by atoms with Gasteiger partial charge < -0.3 is 10.6 Å². The number of nitrogens with one attached hydrogen (secondary N) is 2. The first-order valence-electron chi connectivity index (χ1n) is 6.60. The van der Waals surface area contributed by atoms with Gasteiger partial charge in [-0.25, -0.2) is 4.98 Å². The lowest BCUT2D eigenvalue weighted by Crippen LogP contribution is -2.31. The summed E-state index contributed by atoms with van der Waals surface area (Å²) in [4.78, 5) is 15.3. The highest BCUT2D eigenvalue weighted by molar-refractivity contribution is 7.13. The van der Waals surface area contributed by atoms with Crippen LogP contribution in [0, 0.1) is 5.92 Å². The fourth-order valence-electron chi connectivity index (χ4n) is 2.49. The van der Waals surface area contributed by atoms with Gasteiger partial charge in [0.05, 0.1) is 5.69 Å². The Bertz CT molecular complexity index is 399. The predicted octanol–water partition coefficient (Wildman–Crippen LogP) is 2.77. The molecule has 2 N–H and O–H groups in total. The smallest absolute Gasteiger partial charge is 0.223 e. The number of hydrogen-bond donors (Lipinski definition) is 2. The van der Waals surface area contributed by atoms with Gasteiger partial charge in [0.25, 0.3) is 0 Å². The molecule has 1 atom stereocenters. The van der Waals surface area contributed by atoms with E-state index in [2.05, 4.69) is 22.5 Å². The number of carbonyl (C=O) groups is 1. The van der Waals surface area contributed by atoms with E-state index in [-0.39, 0.29) is 5.91 Å². The van der Waals surface area contributed by atoms with Crippen LogP contribution in [-0.2, 0) is 11.3 Å². The summed E-state index contributed by atoms with van der Waals surface area (Å²) in [5.41, 5.74) is 1.01. The zero-order valence-electron chi connectivity index (χ0n) is 11.0. The highest BCUT2D eigenvalue weighted by Gasteiger charge is 2.21. The first-order valence-corrected chi connectivity index (χ1v) is 7.48.